The Balaban J connectivity index is 2.03. The van der Waals surface area contributed by atoms with Crippen LogP contribution in [-0.2, 0) is 24.3 Å². The fourth-order valence-corrected chi connectivity index (χ4v) is 3.54. The molecule has 146 valence electrons. The second-order valence-corrected chi connectivity index (χ2v) is 7.60. The first-order chi connectivity index (χ1) is 12.9. The van der Waals surface area contributed by atoms with E-state index in [4.69, 9.17) is 9.47 Å². The molecule has 2 rings (SSSR count). The Morgan fingerprint density at radius 1 is 1.04 bits per heavy atom. The SMILES string of the molecule is CCOCCOCC(=O)Nc1cccc(S(=O)(=O)N(C)c2ccccc2)c1. The van der Waals surface area contributed by atoms with Crippen LogP contribution in [0.2, 0.25) is 0 Å². The number of hydrogen-bond donors (Lipinski definition) is 1. The first-order valence-electron chi connectivity index (χ1n) is 8.54. The van der Waals surface area contributed by atoms with Crippen molar-refractivity contribution in [2.45, 2.75) is 11.8 Å². The summed E-state index contributed by atoms with van der Waals surface area (Å²) in [6.45, 7) is 3.08. The number of sulfonamides is 1. The number of rotatable bonds is 10. The van der Waals surface area contributed by atoms with E-state index in [0.717, 1.165) is 0 Å². The maximum Gasteiger partial charge on any atom is 0.264 e. The van der Waals surface area contributed by atoms with Crippen LogP contribution in [0.3, 0.4) is 0 Å². The first-order valence-corrected chi connectivity index (χ1v) is 9.98. The first kappa shape index (κ1) is 20.9. The van der Waals surface area contributed by atoms with Crippen molar-refractivity contribution in [3.05, 3.63) is 54.6 Å². The smallest absolute Gasteiger partial charge is 0.264 e. The standard InChI is InChI=1S/C19H24N2O5S/c1-3-25-12-13-26-15-19(22)20-16-8-7-11-18(14-16)27(23,24)21(2)17-9-5-4-6-10-17/h4-11,14H,3,12-13,15H2,1-2H3,(H,20,22). The fraction of sp³-hybridized carbons (Fsp3) is 0.316. The van der Waals surface area contributed by atoms with E-state index in [9.17, 15) is 13.2 Å². The van der Waals surface area contributed by atoms with E-state index in [1.165, 1.54) is 23.5 Å². The Hall–Kier alpha value is -2.42. The number of hydrogen-bond acceptors (Lipinski definition) is 5. The highest BCUT2D eigenvalue weighted by molar-refractivity contribution is 7.92. The van der Waals surface area contributed by atoms with E-state index >= 15 is 0 Å². The maximum absolute atomic E-state index is 12.8. The number of nitrogens with one attached hydrogen (secondary N) is 1. The van der Waals surface area contributed by atoms with E-state index in [-0.39, 0.29) is 17.4 Å². The molecule has 0 aliphatic rings. The lowest BCUT2D eigenvalue weighted by atomic mass is 10.3. The molecular formula is C19H24N2O5S. The molecule has 0 aliphatic carbocycles. The van der Waals surface area contributed by atoms with Gasteiger partial charge in [-0.3, -0.25) is 9.10 Å². The highest BCUT2D eigenvalue weighted by Gasteiger charge is 2.21. The van der Waals surface area contributed by atoms with Crippen molar-refractivity contribution >= 4 is 27.3 Å². The van der Waals surface area contributed by atoms with Crippen molar-refractivity contribution in [3.63, 3.8) is 0 Å². The van der Waals surface area contributed by atoms with Crippen LogP contribution in [0.25, 0.3) is 0 Å². The normalized spacial score (nSPS) is 11.2. The van der Waals surface area contributed by atoms with Gasteiger partial charge in [-0.1, -0.05) is 24.3 Å². The maximum atomic E-state index is 12.8. The van der Waals surface area contributed by atoms with Crippen molar-refractivity contribution in [2.24, 2.45) is 0 Å². The van der Waals surface area contributed by atoms with Gasteiger partial charge in [0.05, 0.1) is 23.8 Å². The zero-order valence-electron chi connectivity index (χ0n) is 15.4. The Morgan fingerprint density at radius 2 is 1.74 bits per heavy atom. The number of carbonyl (C=O) groups excluding carboxylic acids is 1. The van der Waals surface area contributed by atoms with Gasteiger partial charge in [0.25, 0.3) is 10.0 Å². The predicted molar refractivity (Wildman–Crippen MR) is 104 cm³/mol. The molecule has 1 amide bonds. The minimum absolute atomic E-state index is 0.0870. The van der Waals surface area contributed by atoms with Crippen LogP contribution in [0, 0.1) is 0 Å². The molecule has 0 bridgehead atoms. The van der Waals surface area contributed by atoms with E-state index in [0.29, 0.717) is 31.2 Å². The Kier molecular flexibility index (Phi) is 7.78. The van der Waals surface area contributed by atoms with E-state index in [1.54, 1.807) is 36.4 Å². The molecule has 0 heterocycles. The van der Waals surface area contributed by atoms with Crippen molar-refractivity contribution < 1.29 is 22.7 Å². The molecular weight excluding hydrogens is 368 g/mol. The number of para-hydroxylation sites is 1. The van der Waals surface area contributed by atoms with Crippen LogP contribution >= 0.6 is 0 Å². The molecule has 1 N–H and O–H groups in total. The largest absolute Gasteiger partial charge is 0.379 e. The van der Waals surface area contributed by atoms with Crippen LogP contribution in [0.4, 0.5) is 11.4 Å². The minimum atomic E-state index is -3.74. The Morgan fingerprint density at radius 3 is 2.44 bits per heavy atom. The zero-order chi connectivity index (χ0) is 19.7. The molecule has 7 nitrogen and oxygen atoms in total. The molecule has 0 saturated heterocycles. The zero-order valence-corrected chi connectivity index (χ0v) is 16.2. The minimum Gasteiger partial charge on any atom is -0.379 e. The fourth-order valence-electron chi connectivity index (χ4n) is 2.29. The average Bonchev–Trinajstić information content (AvgIpc) is 2.68. The lowest BCUT2D eigenvalue weighted by Gasteiger charge is -2.19. The number of nitrogens with zero attached hydrogens (tertiary/aromatic N) is 1. The summed E-state index contributed by atoms with van der Waals surface area (Å²) in [7, 11) is -2.26. The average molecular weight is 392 g/mol. The van der Waals surface area contributed by atoms with Crippen molar-refractivity contribution in [2.75, 3.05) is 43.1 Å². The van der Waals surface area contributed by atoms with Crippen molar-refractivity contribution in [3.8, 4) is 0 Å². The van der Waals surface area contributed by atoms with Crippen molar-refractivity contribution in [1.82, 2.24) is 0 Å². The lowest BCUT2D eigenvalue weighted by Crippen LogP contribution is -2.26. The quantitative estimate of drug-likeness (QED) is 0.628. The highest BCUT2D eigenvalue weighted by Crippen LogP contribution is 2.23. The summed E-state index contributed by atoms with van der Waals surface area (Å²) in [5.41, 5.74) is 0.936. The van der Waals surface area contributed by atoms with Gasteiger partial charge in [0.15, 0.2) is 0 Å². The predicted octanol–water partition coefficient (Wildman–Crippen LogP) is 2.50. The molecule has 0 radical (unpaired) electrons. The molecule has 0 fully saturated rings. The van der Waals surface area contributed by atoms with Gasteiger partial charge in [0.1, 0.15) is 6.61 Å². The number of amides is 1. The van der Waals surface area contributed by atoms with Gasteiger partial charge in [-0.2, -0.15) is 0 Å². The van der Waals surface area contributed by atoms with Gasteiger partial charge >= 0.3 is 0 Å². The molecule has 0 aromatic heterocycles. The van der Waals surface area contributed by atoms with Gasteiger partial charge in [-0.25, -0.2) is 8.42 Å². The molecule has 27 heavy (non-hydrogen) atoms. The van der Waals surface area contributed by atoms with Gasteiger partial charge < -0.3 is 14.8 Å². The number of anilines is 2. The summed E-state index contributed by atoms with van der Waals surface area (Å²) in [6, 6.07) is 14.9. The Labute approximate surface area is 160 Å². The molecule has 0 spiro atoms. The number of carbonyl (C=O) groups is 1. The lowest BCUT2D eigenvalue weighted by molar-refractivity contribution is -0.121. The molecule has 0 saturated carbocycles. The third-order valence-electron chi connectivity index (χ3n) is 3.71. The van der Waals surface area contributed by atoms with Gasteiger partial charge in [-0.05, 0) is 37.3 Å². The summed E-state index contributed by atoms with van der Waals surface area (Å²) >= 11 is 0. The molecule has 0 atom stereocenters. The van der Waals surface area contributed by atoms with Crippen LogP contribution < -0.4 is 9.62 Å². The molecule has 2 aromatic carbocycles. The second kappa shape index (κ2) is 10.1. The summed E-state index contributed by atoms with van der Waals surface area (Å²) < 4.78 is 37.2. The monoisotopic (exact) mass is 392 g/mol. The second-order valence-electron chi connectivity index (χ2n) is 5.63. The van der Waals surface area contributed by atoms with E-state index in [2.05, 4.69) is 5.32 Å². The summed E-state index contributed by atoms with van der Waals surface area (Å²) in [6.07, 6.45) is 0. The summed E-state index contributed by atoms with van der Waals surface area (Å²) in [5, 5.41) is 2.64. The summed E-state index contributed by atoms with van der Waals surface area (Å²) in [5.74, 6) is -0.363. The van der Waals surface area contributed by atoms with Crippen molar-refractivity contribution in [1.29, 1.82) is 0 Å². The number of ether oxygens (including phenoxy) is 2. The summed E-state index contributed by atoms with van der Waals surface area (Å²) in [4.78, 5) is 12.0. The third-order valence-corrected chi connectivity index (χ3v) is 5.49. The van der Waals surface area contributed by atoms with Gasteiger partial charge in [-0.15, -0.1) is 0 Å². The molecule has 0 aliphatic heterocycles. The Bertz CT molecular complexity index is 840. The van der Waals surface area contributed by atoms with Crippen LogP contribution in [0.5, 0.6) is 0 Å². The van der Waals surface area contributed by atoms with Gasteiger partial charge in [0, 0.05) is 19.3 Å². The van der Waals surface area contributed by atoms with Crippen LogP contribution in [-0.4, -0.2) is 47.8 Å². The third kappa shape index (κ3) is 6.06. The van der Waals surface area contributed by atoms with E-state index in [1.807, 2.05) is 13.0 Å². The van der Waals surface area contributed by atoms with E-state index < -0.39 is 10.0 Å². The molecule has 8 heteroatoms. The van der Waals surface area contributed by atoms with Crippen LogP contribution in [0.1, 0.15) is 6.92 Å². The molecule has 2 aromatic rings. The molecule has 0 unspecified atom stereocenters. The van der Waals surface area contributed by atoms with Gasteiger partial charge in [0.2, 0.25) is 5.91 Å². The number of benzene rings is 2. The highest BCUT2D eigenvalue weighted by atomic mass is 32.2. The topological polar surface area (TPSA) is 84.9 Å². The van der Waals surface area contributed by atoms with Crippen LogP contribution in [0.15, 0.2) is 59.5 Å².